The van der Waals surface area contributed by atoms with Crippen molar-refractivity contribution in [2.45, 2.75) is 57.6 Å². The number of carboxylic acid groups (broad SMARTS) is 1. The zero-order valence-electron chi connectivity index (χ0n) is 21.7. The fourth-order valence-electron chi connectivity index (χ4n) is 5.74. The first-order valence-corrected chi connectivity index (χ1v) is 13.2. The number of aryl methyl sites for hydroxylation is 1. The van der Waals surface area contributed by atoms with Gasteiger partial charge in [0.15, 0.2) is 0 Å². The predicted octanol–water partition coefficient (Wildman–Crippen LogP) is 4.71. The second-order valence-corrected chi connectivity index (χ2v) is 10.3. The second kappa shape index (κ2) is 12.5. The normalized spacial score (nSPS) is 16.5. The number of nitrogens with two attached hydrogens (primary N) is 1. The number of carboxylic acids is 1. The van der Waals surface area contributed by atoms with Gasteiger partial charge in [-0.25, -0.2) is 0 Å². The molecule has 0 bridgehead atoms. The van der Waals surface area contributed by atoms with Gasteiger partial charge in [-0.2, -0.15) is 0 Å². The number of rotatable bonds is 12. The summed E-state index contributed by atoms with van der Waals surface area (Å²) < 4.78 is 5.40. The minimum atomic E-state index is -0.770. The van der Waals surface area contributed by atoms with Crippen molar-refractivity contribution < 1.29 is 19.7 Å². The molecule has 1 fully saturated rings. The Morgan fingerprint density at radius 3 is 2.62 bits per heavy atom. The van der Waals surface area contributed by atoms with Crippen LogP contribution in [0.3, 0.4) is 0 Å². The predicted molar refractivity (Wildman–Crippen MR) is 146 cm³/mol. The number of aromatic nitrogens is 1. The Morgan fingerprint density at radius 2 is 1.95 bits per heavy atom. The highest BCUT2D eigenvalue weighted by Crippen LogP contribution is 2.42. The lowest BCUT2D eigenvalue weighted by Crippen LogP contribution is -2.41. The van der Waals surface area contributed by atoms with E-state index < -0.39 is 12.1 Å². The van der Waals surface area contributed by atoms with Crippen LogP contribution in [0.15, 0.2) is 54.7 Å². The van der Waals surface area contributed by atoms with Crippen molar-refractivity contribution in [1.82, 2.24) is 9.88 Å². The van der Waals surface area contributed by atoms with Crippen LogP contribution >= 0.6 is 0 Å². The van der Waals surface area contributed by atoms with E-state index in [1.54, 1.807) is 13.3 Å². The number of hydrogen-bond acceptors (Lipinski definition) is 6. The molecule has 1 aromatic heterocycles. The molecule has 1 aliphatic rings. The average Bonchev–Trinajstić information content (AvgIpc) is 2.92. The van der Waals surface area contributed by atoms with E-state index in [1.165, 1.54) is 5.56 Å². The lowest BCUT2D eigenvalue weighted by atomic mass is 9.71. The van der Waals surface area contributed by atoms with Gasteiger partial charge < -0.3 is 25.6 Å². The molecule has 1 atom stereocenters. The Balaban J connectivity index is 1.42. The average molecular weight is 506 g/mol. The van der Waals surface area contributed by atoms with E-state index in [0.717, 1.165) is 67.3 Å². The number of hydrogen-bond donors (Lipinski definition) is 3. The monoisotopic (exact) mass is 505 g/mol. The Kier molecular flexibility index (Phi) is 9.14. The number of aliphatic hydroxyl groups is 1. The molecule has 0 amide bonds. The molecule has 1 aliphatic heterocycles. The summed E-state index contributed by atoms with van der Waals surface area (Å²) in [6.45, 7) is 3.07. The second-order valence-electron chi connectivity index (χ2n) is 10.3. The molecule has 4 N–H and O–H groups in total. The SMILES string of the molecule is COc1ccc2ncc(CN)c([C@H](O)CCC3(CC(=O)O)CCN(CCCc4ccccc4)CC3)c2c1. The zero-order chi connectivity index (χ0) is 26.3. The maximum absolute atomic E-state index is 11.8. The number of likely N-dealkylation sites (tertiary alicyclic amines) is 1. The number of aliphatic hydroxyl groups excluding tert-OH is 1. The number of benzene rings is 2. The molecule has 2 heterocycles. The zero-order valence-corrected chi connectivity index (χ0v) is 21.7. The number of aliphatic carboxylic acids is 1. The van der Waals surface area contributed by atoms with E-state index in [1.807, 2.05) is 24.3 Å². The third-order valence-corrected chi connectivity index (χ3v) is 7.93. The van der Waals surface area contributed by atoms with Crippen molar-refractivity contribution in [3.8, 4) is 5.75 Å². The first-order valence-electron chi connectivity index (χ1n) is 13.2. The largest absolute Gasteiger partial charge is 0.497 e. The minimum Gasteiger partial charge on any atom is -0.497 e. The molecule has 1 saturated heterocycles. The van der Waals surface area contributed by atoms with Gasteiger partial charge in [0.2, 0.25) is 0 Å². The van der Waals surface area contributed by atoms with Crippen LogP contribution in [-0.2, 0) is 17.8 Å². The molecular formula is C30H39N3O4. The number of methoxy groups -OCH3 is 1. The third kappa shape index (κ3) is 6.86. The highest BCUT2D eigenvalue weighted by Gasteiger charge is 2.37. The molecule has 7 nitrogen and oxygen atoms in total. The maximum Gasteiger partial charge on any atom is 0.303 e. The van der Waals surface area contributed by atoms with Crippen LogP contribution < -0.4 is 10.5 Å². The molecule has 0 radical (unpaired) electrons. The molecule has 4 rings (SSSR count). The topological polar surface area (TPSA) is 109 Å². The molecular weight excluding hydrogens is 466 g/mol. The Hall–Kier alpha value is -3.00. The summed E-state index contributed by atoms with van der Waals surface area (Å²) in [4.78, 5) is 18.8. The van der Waals surface area contributed by atoms with Crippen LogP contribution in [0.25, 0.3) is 10.9 Å². The molecule has 3 aromatic rings. The van der Waals surface area contributed by atoms with Crippen LogP contribution in [0.1, 0.15) is 61.3 Å². The van der Waals surface area contributed by atoms with Crippen LogP contribution in [0, 0.1) is 5.41 Å². The van der Waals surface area contributed by atoms with E-state index in [9.17, 15) is 15.0 Å². The number of fused-ring (bicyclic) bond motifs is 1. The van der Waals surface area contributed by atoms with E-state index in [0.29, 0.717) is 18.6 Å². The van der Waals surface area contributed by atoms with Crippen molar-refractivity contribution in [3.05, 3.63) is 71.4 Å². The van der Waals surface area contributed by atoms with Crippen molar-refractivity contribution in [3.63, 3.8) is 0 Å². The number of ether oxygens (including phenoxy) is 1. The smallest absolute Gasteiger partial charge is 0.303 e. The molecule has 2 aromatic carbocycles. The fourth-order valence-corrected chi connectivity index (χ4v) is 5.74. The molecule has 0 spiro atoms. The van der Waals surface area contributed by atoms with Crippen molar-refractivity contribution in [2.75, 3.05) is 26.7 Å². The van der Waals surface area contributed by atoms with Gasteiger partial charge in [-0.1, -0.05) is 30.3 Å². The summed E-state index contributed by atoms with van der Waals surface area (Å²) in [5, 5.41) is 21.9. The summed E-state index contributed by atoms with van der Waals surface area (Å²) in [5.41, 5.74) is 9.40. The van der Waals surface area contributed by atoms with Gasteiger partial charge in [0.05, 0.1) is 25.2 Å². The van der Waals surface area contributed by atoms with E-state index in [4.69, 9.17) is 10.5 Å². The summed E-state index contributed by atoms with van der Waals surface area (Å²) >= 11 is 0. The lowest BCUT2D eigenvalue weighted by Gasteiger charge is -2.41. The van der Waals surface area contributed by atoms with Crippen LogP contribution in [0.2, 0.25) is 0 Å². The van der Waals surface area contributed by atoms with Crippen molar-refractivity contribution in [2.24, 2.45) is 11.1 Å². The Labute approximate surface area is 219 Å². The van der Waals surface area contributed by atoms with Gasteiger partial charge >= 0.3 is 5.97 Å². The Bertz CT molecular complexity index is 1170. The van der Waals surface area contributed by atoms with Gasteiger partial charge in [-0.3, -0.25) is 9.78 Å². The molecule has 37 heavy (non-hydrogen) atoms. The molecule has 0 saturated carbocycles. The fraction of sp³-hybridized carbons (Fsp3) is 0.467. The molecule has 7 heteroatoms. The quantitative estimate of drug-likeness (QED) is 0.327. The van der Waals surface area contributed by atoms with E-state index in [2.05, 4.69) is 34.1 Å². The lowest BCUT2D eigenvalue weighted by molar-refractivity contribution is -0.141. The minimum absolute atomic E-state index is 0.131. The number of piperidine rings is 1. The van der Waals surface area contributed by atoms with E-state index >= 15 is 0 Å². The number of nitrogens with zero attached hydrogens (tertiary/aromatic N) is 2. The van der Waals surface area contributed by atoms with Gasteiger partial charge in [-0.15, -0.1) is 0 Å². The molecule has 198 valence electrons. The summed E-state index contributed by atoms with van der Waals surface area (Å²) in [5.74, 6) is -0.0762. The highest BCUT2D eigenvalue weighted by molar-refractivity contribution is 5.85. The van der Waals surface area contributed by atoms with E-state index in [-0.39, 0.29) is 18.4 Å². The van der Waals surface area contributed by atoms with Crippen molar-refractivity contribution >= 4 is 16.9 Å². The number of carbonyl (C=O) groups is 1. The first-order chi connectivity index (χ1) is 17.9. The maximum atomic E-state index is 11.8. The van der Waals surface area contributed by atoms with Gasteiger partial charge in [0.1, 0.15) is 5.75 Å². The van der Waals surface area contributed by atoms with Gasteiger partial charge in [0.25, 0.3) is 0 Å². The van der Waals surface area contributed by atoms with Crippen LogP contribution in [0.4, 0.5) is 0 Å². The highest BCUT2D eigenvalue weighted by atomic mass is 16.5. The van der Waals surface area contributed by atoms with Crippen molar-refractivity contribution in [1.29, 1.82) is 0 Å². The summed E-state index contributed by atoms with van der Waals surface area (Å²) in [6, 6.07) is 16.1. The third-order valence-electron chi connectivity index (χ3n) is 7.93. The summed E-state index contributed by atoms with van der Waals surface area (Å²) in [6.07, 6.45) is 6.03. The molecule has 0 aliphatic carbocycles. The standard InChI is InChI=1S/C30H39N3O4/c1-37-24-9-10-26-25(18-24)29(23(20-31)21-32-26)27(34)11-12-30(19-28(35)36)13-16-33(17-14-30)15-5-8-22-6-3-2-4-7-22/h2-4,6-7,9-10,18,21,27,34H,5,8,11-17,19-20,31H2,1H3,(H,35,36)/t27-/m1/s1. The van der Waals surface area contributed by atoms with Crippen LogP contribution in [0.5, 0.6) is 5.75 Å². The summed E-state index contributed by atoms with van der Waals surface area (Å²) in [7, 11) is 1.61. The first kappa shape index (κ1) is 27.0. The van der Waals surface area contributed by atoms with Gasteiger partial charge in [0, 0.05) is 18.1 Å². The van der Waals surface area contributed by atoms with Gasteiger partial charge in [-0.05, 0) is 98.5 Å². The Morgan fingerprint density at radius 1 is 1.19 bits per heavy atom. The van der Waals surface area contributed by atoms with Crippen LogP contribution in [-0.4, -0.2) is 52.8 Å². The molecule has 0 unspecified atom stereocenters. The number of pyridine rings is 1.